The van der Waals surface area contributed by atoms with Crippen molar-refractivity contribution in [2.24, 2.45) is 0 Å². The van der Waals surface area contributed by atoms with Gasteiger partial charge in [-0.1, -0.05) is 6.92 Å². The molecule has 0 rings (SSSR count). The zero-order valence-electron chi connectivity index (χ0n) is 6.55. The van der Waals surface area contributed by atoms with Crippen LogP contribution in [0.2, 0.25) is 0 Å². The number of amides is 1. The van der Waals surface area contributed by atoms with Crippen LogP contribution in [0.5, 0.6) is 0 Å². The first-order valence-corrected chi connectivity index (χ1v) is 4.07. The Bertz CT molecular complexity index is 104. The monoisotopic (exact) mass is 161 g/mol. The maximum absolute atomic E-state index is 10.4. The zero-order valence-corrected chi connectivity index (χ0v) is 7.45. The fraction of sp³-hybridized carbons (Fsp3) is 0.857. The van der Waals surface area contributed by atoms with E-state index >= 15 is 0 Å². The summed E-state index contributed by atoms with van der Waals surface area (Å²) in [6.07, 6.45) is 2.08. The molecular formula is C7H15NOS. The summed E-state index contributed by atoms with van der Waals surface area (Å²) in [6, 6.07) is 0. The topological polar surface area (TPSA) is 29.1 Å². The molecular weight excluding hydrogens is 146 g/mol. The third-order valence-corrected chi connectivity index (χ3v) is 1.43. The molecule has 0 aliphatic carbocycles. The Hall–Kier alpha value is -0.180. The fourth-order valence-electron chi connectivity index (χ4n) is 0.662. The molecule has 0 aromatic heterocycles. The molecule has 0 heterocycles. The third kappa shape index (κ3) is 7.82. The Balaban J connectivity index is 2.98. The number of hydrogen-bond donors (Lipinski definition) is 2. The van der Waals surface area contributed by atoms with Crippen LogP contribution in [0.4, 0.5) is 0 Å². The molecule has 0 bridgehead atoms. The quantitative estimate of drug-likeness (QED) is 0.471. The molecule has 0 aliphatic heterocycles. The lowest BCUT2D eigenvalue weighted by atomic mass is 10.2. The van der Waals surface area contributed by atoms with Crippen molar-refractivity contribution in [2.75, 3.05) is 6.54 Å². The summed E-state index contributed by atoms with van der Waals surface area (Å²) < 4.78 is 0. The van der Waals surface area contributed by atoms with Crippen molar-refractivity contribution in [2.45, 2.75) is 31.9 Å². The first-order valence-electron chi connectivity index (χ1n) is 3.55. The number of nitrogens with one attached hydrogen (secondary N) is 1. The van der Waals surface area contributed by atoms with Gasteiger partial charge in [0.15, 0.2) is 0 Å². The highest BCUT2D eigenvalue weighted by Gasteiger charge is 1.94. The largest absolute Gasteiger partial charge is 0.356 e. The first kappa shape index (κ1) is 9.82. The highest BCUT2D eigenvalue weighted by atomic mass is 32.1. The Labute approximate surface area is 67.8 Å². The molecule has 0 aromatic carbocycles. The molecule has 0 saturated heterocycles. The van der Waals surface area contributed by atoms with Crippen LogP contribution in [-0.2, 0) is 4.79 Å². The second-order valence-corrected chi connectivity index (χ2v) is 3.36. The highest BCUT2D eigenvalue weighted by molar-refractivity contribution is 7.80. The van der Waals surface area contributed by atoms with Crippen molar-refractivity contribution in [3.63, 3.8) is 0 Å². The number of carbonyl (C=O) groups is 1. The summed E-state index contributed by atoms with van der Waals surface area (Å²) in [5.74, 6) is 0.0480. The summed E-state index contributed by atoms with van der Waals surface area (Å²) in [7, 11) is 0. The number of carbonyl (C=O) groups excluding carboxylic acids is 1. The molecule has 0 fully saturated rings. The SMILES string of the molecule is CC(=O)NCCCC(C)S. The third-order valence-electron chi connectivity index (χ3n) is 1.17. The van der Waals surface area contributed by atoms with Crippen molar-refractivity contribution in [3.8, 4) is 0 Å². The summed E-state index contributed by atoms with van der Waals surface area (Å²) in [5, 5.41) is 3.17. The van der Waals surface area contributed by atoms with Gasteiger partial charge in [-0.25, -0.2) is 0 Å². The van der Waals surface area contributed by atoms with Crippen LogP contribution in [0.15, 0.2) is 0 Å². The lowest BCUT2D eigenvalue weighted by Gasteiger charge is -2.03. The van der Waals surface area contributed by atoms with E-state index in [9.17, 15) is 4.79 Å². The Morgan fingerprint density at radius 1 is 1.70 bits per heavy atom. The van der Waals surface area contributed by atoms with Crippen LogP contribution in [-0.4, -0.2) is 17.7 Å². The van der Waals surface area contributed by atoms with E-state index in [-0.39, 0.29) is 5.91 Å². The van der Waals surface area contributed by atoms with E-state index in [0.717, 1.165) is 19.4 Å². The molecule has 3 heteroatoms. The van der Waals surface area contributed by atoms with Gasteiger partial charge in [-0.05, 0) is 18.1 Å². The Kier molecular flexibility index (Phi) is 5.49. The van der Waals surface area contributed by atoms with Crippen LogP contribution in [0.25, 0.3) is 0 Å². The minimum atomic E-state index is 0.0480. The first-order chi connectivity index (χ1) is 4.63. The number of rotatable bonds is 4. The van der Waals surface area contributed by atoms with E-state index in [1.807, 2.05) is 0 Å². The van der Waals surface area contributed by atoms with Crippen LogP contribution >= 0.6 is 12.6 Å². The van der Waals surface area contributed by atoms with Crippen LogP contribution in [0, 0.1) is 0 Å². The smallest absolute Gasteiger partial charge is 0.216 e. The standard InChI is InChI=1S/C7H15NOS/c1-6(10)4-3-5-8-7(2)9/h6,10H,3-5H2,1-2H3,(H,8,9). The van der Waals surface area contributed by atoms with Crippen molar-refractivity contribution in [1.29, 1.82) is 0 Å². The Morgan fingerprint density at radius 2 is 2.30 bits per heavy atom. The van der Waals surface area contributed by atoms with E-state index in [4.69, 9.17) is 0 Å². The molecule has 1 unspecified atom stereocenters. The molecule has 2 nitrogen and oxygen atoms in total. The summed E-state index contributed by atoms with van der Waals surface area (Å²) >= 11 is 4.21. The van der Waals surface area contributed by atoms with Gasteiger partial charge in [0.05, 0.1) is 0 Å². The van der Waals surface area contributed by atoms with Crippen molar-refractivity contribution in [1.82, 2.24) is 5.32 Å². The predicted octanol–water partition coefficient (Wildman–Crippen LogP) is 1.22. The van der Waals surface area contributed by atoms with Crippen molar-refractivity contribution >= 4 is 18.5 Å². The molecule has 10 heavy (non-hydrogen) atoms. The van der Waals surface area contributed by atoms with E-state index in [0.29, 0.717) is 5.25 Å². The minimum Gasteiger partial charge on any atom is -0.356 e. The molecule has 1 atom stereocenters. The summed E-state index contributed by atoms with van der Waals surface area (Å²) in [5.41, 5.74) is 0. The van der Waals surface area contributed by atoms with Crippen molar-refractivity contribution < 1.29 is 4.79 Å². The van der Waals surface area contributed by atoms with Gasteiger partial charge in [0.1, 0.15) is 0 Å². The highest BCUT2D eigenvalue weighted by Crippen LogP contribution is 2.01. The lowest BCUT2D eigenvalue weighted by molar-refractivity contribution is -0.118. The zero-order chi connectivity index (χ0) is 7.98. The maximum atomic E-state index is 10.4. The fourth-order valence-corrected chi connectivity index (χ4v) is 0.844. The van der Waals surface area contributed by atoms with Gasteiger partial charge in [-0.3, -0.25) is 4.79 Å². The number of thiol groups is 1. The van der Waals surface area contributed by atoms with E-state index < -0.39 is 0 Å². The normalized spacial score (nSPS) is 12.7. The van der Waals surface area contributed by atoms with Gasteiger partial charge in [0, 0.05) is 13.5 Å². The molecule has 1 N–H and O–H groups in total. The van der Waals surface area contributed by atoms with Gasteiger partial charge >= 0.3 is 0 Å². The molecule has 0 saturated carbocycles. The summed E-state index contributed by atoms with van der Waals surface area (Å²) in [6.45, 7) is 4.36. The summed E-state index contributed by atoms with van der Waals surface area (Å²) in [4.78, 5) is 10.4. The van der Waals surface area contributed by atoms with Crippen molar-refractivity contribution in [3.05, 3.63) is 0 Å². The van der Waals surface area contributed by atoms with Crippen LogP contribution < -0.4 is 5.32 Å². The second kappa shape index (κ2) is 5.59. The van der Waals surface area contributed by atoms with E-state index in [2.05, 4.69) is 24.9 Å². The van der Waals surface area contributed by atoms with E-state index in [1.165, 1.54) is 6.92 Å². The van der Waals surface area contributed by atoms with E-state index in [1.54, 1.807) is 0 Å². The molecule has 0 aliphatic rings. The lowest BCUT2D eigenvalue weighted by Crippen LogP contribution is -2.21. The van der Waals surface area contributed by atoms with Crippen LogP contribution in [0.3, 0.4) is 0 Å². The van der Waals surface area contributed by atoms with Gasteiger partial charge in [0.25, 0.3) is 0 Å². The molecule has 0 spiro atoms. The number of hydrogen-bond acceptors (Lipinski definition) is 2. The van der Waals surface area contributed by atoms with Crippen LogP contribution in [0.1, 0.15) is 26.7 Å². The molecule has 0 aromatic rings. The minimum absolute atomic E-state index is 0.0480. The Morgan fingerprint density at radius 3 is 2.70 bits per heavy atom. The molecule has 1 amide bonds. The van der Waals surface area contributed by atoms with Gasteiger partial charge in [-0.15, -0.1) is 0 Å². The maximum Gasteiger partial charge on any atom is 0.216 e. The molecule has 60 valence electrons. The van der Waals surface area contributed by atoms with Gasteiger partial charge in [0.2, 0.25) is 5.91 Å². The average Bonchev–Trinajstić information content (AvgIpc) is 1.79. The van der Waals surface area contributed by atoms with Gasteiger partial charge < -0.3 is 5.32 Å². The molecule has 0 radical (unpaired) electrons. The predicted molar refractivity (Wildman–Crippen MR) is 46.4 cm³/mol. The average molecular weight is 161 g/mol. The van der Waals surface area contributed by atoms with Gasteiger partial charge in [-0.2, -0.15) is 12.6 Å². The second-order valence-electron chi connectivity index (χ2n) is 2.47.